The van der Waals surface area contributed by atoms with Gasteiger partial charge >= 0.3 is 5.97 Å². The largest absolute Gasteiger partial charge is 0.504 e. The first-order chi connectivity index (χ1) is 20.1. The highest BCUT2D eigenvalue weighted by Gasteiger charge is 2.33. The first-order valence-electron chi connectivity index (χ1n) is 13.2. The first kappa shape index (κ1) is 28.7. The maximum Gasteiger partial charge on any atom is 0.310 e. The smallest absolute Gasteiger partial charge is 0.310 e. The second-order valence-electron chi connectivity index (χ2n) is 10.1. The van der Waals surface area contributed by atoms with Gasteiger partial charge < -0.3 is 30.2 Å². The highest BCUT2D eigenvalue weighted by molar-refractivity contribution is 5.95. The van der Waals surface area contributed by atoms with Crippen LogP contribution in [0.4, 0.5) is 8.78 Å². The molecule has 42 heavy (non-hydrogen) atoms. The fourth-order valence-corrected chi connectivity index (χ4v) is 4.97. The summed E-state index contributed by atoms with van der Waals surface area (Å²) in [5, 5.41) is 27.3. The van der Waals surface area contributed by atoms with Crippen molar-refractivity contribution in [2.75, 3.05) is 13.6 Å². The number of benzene rings is 2. The number of pyridine rings is 1. The SMILES string of the molecule is CN1CC=NC1c1cc(OC2CCCCC2C(=O)O)ccc1Oc1c(F)cnc(Oc2cc(C(=N)N)ccc2O)c1F. The summed E-state index contributed by atoms with van der Waals surface area (Å²) in [4.78, 5) is 21.8. The molecule has 0 saturated heterocycles. The molecule has 1 aliphatic heterocycles. The molecule has 0 radical (unpaired) electrons. The average Bonchev–Trinajstić information content (AvgIpc) is 3.39. The van der Waals surface area contributed by atoms with Crippen LogP contribution in [-0.4, -0.2) is 57.8 Å². The van der Waals surface area contributed by atoms with Gasteiger partial charge in [-0.1, -0.05) is 6.42 Å². The van der Waals surface area contributed by atoms with Crippen molar-refractivity contribution in [1.82, 2.24) is 9.88 Å². The molecule has 2 aliphatic rings. The lowest BCUT2D eigenvalue weighted by atomic mass is 9.86. The number of nitrogens with two attached hydrogens (primary N) is 1. The van der Waals surface area contributed by atoms with Gasteiger partial charge in [0, 0.05) is 23.9 Å². The van der Waals surface area contributed by atoms with E-state index in [-0.39, 0.29) is 28.6 Å². The molecular formula is C29H29F2N5O6. The highest BCUT2D eigenvalue weighted by atomic mass is 19.1. The van der Waals surface area contributed by atoms with Crippen molar-refractivity contribution in [3.8, 4) is 34.6 Å². The van der Waals surface area contributed by atoms with Gasteiger partial charge in [0.2, 0.25) is 11.6 Å². The van der Waals surface area contributed by atoms with Gasteiger partial charge in [-0.3, -0.25) is 20.1 Å². The van der Waals surface area contributed by atoms with E-state index in [0.717, 1.165) is 12.8 Å². The van der Waals surface area contributed by atoms with Crippen LogP contribution in [0.5, 0.6) is 34.6 Å². The van der Waals surface area contributed by atoms with E-state index in [1.165, 1.54) is 24.3 Å². The van der Waals surface area contributed by atoms with Gasteiger partial charge in [-0.25, -0.2) is 9.37 Å². The molecule has 3 unspecified atom stereocenters. The predicted octanol–water partition coefficient (Wildman–Crippen LogP) is 4.97. The summed E-state index contributed by atoms with van der Waals surface area (Å²) in [6.45, 7) is 0.525. The number of nitrogens with zero attached hydrogens (tertiary/aromatic N) is 3. The third kappa shape index (κ3) is 5.96. The van der Waals surface area contributed by atoms with Crippen molar-refractivity contribution in [1.29, 1.82) is 5.41 Å². The number of aliphatic imine (C=N–C) groups is 1. The van der Waals surface area contributed by atoms with Gasteiger partial charge in [-0.05, 0) is 62.7 Å². The Morgan fingerprint density at radius 2 is 1.90 bits per heavy atom. The van der Waals surface area contributed by atoms with Crippen LogP contribution in [0.25, 0.3) is 0 Å². The maximum absolute atomic E-state index is 15.6. The number of aromatic hydroxyl groups is 1. The van der Waals surface area contributed by atoms with Crippen LogP contribution < -0.4 is 19.9 Å². The Balaban J connectivity index is 1.47. The Bertz CT molecular complexity index is 1550. The molecule has 1 fully saturated rings. The minimum absolute atomic E-state index is 0.0769. The van der Waals surface area contributed by atoms with Crippen LogP contribution in [0.3, 0.4) is 0 Å². The molecule has 2 aromatic carbocycles. The molecule has 13 heteroatoms. The van der Waals surface area contributed by atoms with E-state index in [1.807, 2.05) is 11.9 Å². The second kappa shape index (κ2) is 12.0. The van der Waals surface area contributed by atoms with E-state index >= 15 is 4.39 Å². The Kier molecular flexibility index (Phi) is 8.20. The average molecular weight is 582 g/mol. The number of phenols is 1. The standard InChI is InChI=1S/C29H29F2N5O6/c1-36-11-10-34-27(36)18-13-16(40-21-5-3-2-4-17(21)29(38)39)7-9-22(18)41-25-19(30)14-35-28(24(25)31)42-23-12-15(26(32)33)6-8-20(23)37/h6-10,12-14,17,21,27,37H,2-5,11H2,1H3,(H3,32,33)(H,38,39). The second-order valence-corrected chi connectivity index (χ2v) is 10.1. The zero-order valence-corrected chi connectivity index (χ0v) is 22.6. The minimum atomic E-state index is -1.27. The molecule has 1 aliphatic carbocycles. The van der Waals surface area contributed by atoms with Gasteiger partial charge in [0.05, 0.1) is 12.1 Å². The lowest BCUT2D eigenvalue weighted by molar-refractivity contribution is -0.146. The summed E-state index contributed by atoms with van der Waals surface area (Å²) in [5.74, 6) is -5.91. The number of hydrogen-bond donors (Lipinski definition) is 4. The summed E-state index contributed by atoms with van der Waals surface area (Å²) in [6, 6.07) is 8.46. The van der Waals surface area contributed by atoms with E-state index in [4.69, 9.17) is 25.4 Å². The quantitative estimate of drug-likeness (QED) is 0.202. The third-order valence-electron chi connectivity index (χ3n) is 7.19. The van der Waals surface area contributed by atoms with Crippen molar-refractivity contribution in [2.24, 2.45) is 16.6 Å². The normalized spacial score (nSPS) is 20.3. The van der Waals surface area contributed by atoms with E-state index in [1.54, 1.807) is 18.3 Å². The topological polar surface area (TPSA) is 164 Å². The maximum atomic E-state index is 15.6. The lowest BCUT2D eigenvalue weighted by Gasteiger charge is -2.29. The van der Waals surface area contributed by atoms with Gasteiger partial charge in [0.25, 0.3) is 5.88 Å². The Morgan fingerprint density at radius 3 is 2.62 bits per heavy atom. The van der Waals surface area contributed by atoms with Gasteiger partial charge in [0.15, 0.2) is 17.3 Å². The van der Waals surface area contributed by atoms with E-state index in [2.05, 4.69) is 9.98 Å². The number of halogens is 2. The number of aromatic nitrogens is 1. The molecule has 5 N–H and O–H groups in total. The number of nitrogens with one attached hydrogen (secondary N) is 1. The number of aliphatic carboxylic acids is 1. The predicted molar refractivity (Wildman–Crippen MR) is 148 cm³/mol. The number of ether oxygens (including phenoxy) is 3. The monoisotopic (exact) mass is 581 g/mol. The summed E-state index contributed by atoms with van der Waals surface area (Å²) in [5.41, 5.74) is 6.13. The highest BCUT2D eigenvalue weighted by Crippen LogP contribution is 2.41. The van der Waals surface area contributed by atoms with Crippen LogP contribution in [0.1, 0.15) is 43.0 Å². The van der Waals surface area contributed by atoms with Crippen molar-refractivity contribution in [3.05, 3.63) is 65.4 Å². The zero-order valence-electron chi connectivity index (χ0n) is 22.6. The number of carboxylic acid groups (broad SMARTS) is 1. The molecule has 1 aromatic heterocycles. The molecule has 220 valence electrons. The number of phenolic OH excluding ortho intramolecular Hbond substituents is 1. The van der Waals surface area contributed by atoms with Crippen LogP contribution in [0.15, 0.2) is 47.6 Å². The summed E-state index contributed by atoms with van der Waals surface area (Å²) >= 11 is 0. The van der Waals surface area contributed by atoms with Crippen molar-refractivity contribution >= 4 is 18.0 Å². The number of amidine groups is 1. The fraction of sp³-hybridized carbons (Fsp3) is 0.310. The van der Waals surface area contributed by atoms with E-state index in [0.29, 0.717) is 36.9 Å². The third-order valence-corrected chi connectivity index (χ3v) is 7.19. The molecule has 0 amide bonds. The number of rotatable bonds is 9. The number of hydrogen-bond acceptors (Lipinski definition) is 9. The lowest BCUT2D eigenvalue weighted by Crippen LogP contribution is -2.35. The van der Waals surface area contributed by atoms with Gasteiger partial charge in [-0.15, -0.1) is 0 Å². The Hall–Kier alpha value is -4.78. The molecule has 0 spiro atoms. The van der Waals surface area contributed by atoms with Crippen LogP contribution >= 0.6 is 0 Å². The minimum Gasteiger partial charge on any atom is -0.504 e. The van der Waals surface area contributed by atoms with Crippen molar-refractivity contribution in [3.63, 3.8) is 0 Å². The molecular weight excluding hydrogens is 552 g/mol. The number of carboxylic acids is 1. The van der Waals surface area contributed by atoms with E-state index < -0.39 is 47.4 Å². The van der Waals surface area contributed by atoms with Gasteiger partial charge in [-0.2, -0.15) is 4.39 Å². The fourth-order valence-electron chi connectivity index (χ4n) is 4.97. The zero-order chi connectivity index (χ0) is 30.0. The van der Waals surface area contributed by atoms with Crippen LogP contribution in [0.2, 0.25) is 0 Å². The summed E-state index contributed by atoms with van der Waals surface area (Å²) in [6.07, 6.45) is 4.11. The van der Waals surface area contributed by atoms with Crippen molar-refractivity contribution in [2.45, 2.75) is 38.0 Å². The molecule has 3 aromatic rings. The molecule has 3 atom stereocenters. The Morgan fingerprint density at radius 1 is 1.12 bits per heavy atom. The summed E-state index contributed by atoms with van der Waals surface area (Å²) < 4.78 is 47.8. The number of carbonyl (C=O) groups is 1. The molecule has 1 saturated carbocycles. The van der Waals surface area contributed by atoms with E-state index in [9.17, 15) is 19.4 Å². The Labute approximate surface area is 239 Å². The summed E-state index contributed by atoms with van der Waals surface area (Å²) in [7, 11) is 1.82. The van der Waals surface area contributed by atoms with Crippen LogP contribution in [0, 0.1) is 23.0 Å². The molecule has 5 rings (SSSR count). The van der Waals surface area contributed by atoms with Crippen molar-refractivity contribution < 1.29 is 38.0 Å². The first-order valence-corrected chi connectivity index (χ1v) is 13.2. The van der Waals surface area contributed by atoms with Gasteiger partial charge in [0.1, 0.15) is 29.6 Å². The van der Waals surface area contributed by atoms with Crippen LogP contribution in [-0.2, 0) is 4.79 Å². The molecule has 2 heterocycles. The molecule has 0 bridgehead atoms. The molecule has 11 nitrogen and oxygen atoms in total. The number of nitrogen functional groups attached to an aromatic ring is 1.